The number of hydrogen-bond acceptors (Lipinski definition) is 3. The van der Waals surface area contributed by atoms with Crippen LogP contribution in [-0.4, -0.2) is 45.9 Å². The first kappa shape index (κ1) is 19.9. The van der Waals surface area contributed by atoms with Gasteiger partial charge in [0.15, 0.2) is 5.96 Å². The number of rotatable bonds is 6. The molecule has 27 heavy (non-hydrogen) atoms. The van der Waals surface area contributed by atoms with E-state index in [9.17, 15) is 0 Å². The summed E-state index contributed by atoms with van der Waals surface area (Å²) >= 11 is 0. The molecule has 2 atom stereocenters. The molecule has 0 spiro atoms. The van der Waals surface area contributed by atoms with Crippen LogP contribution >= 0.6 is 0 Å². The predicted octanol–water partition coefficient (Wildman–Crippen LogP) is 3.36. The molecule has 0 aromatic heterocycles. The van der Waals surface area contributed by atoms with E-state index in [0.29, 0.717) is 5.92 Å². The van der Waals surface area contributed by atoms with Gasteiger partial charge in [-0.25, -0.2) is 0 Å². The van der Waals surface area contributed by atoms with Gasteiger partial charge in [0, 0.05) is 32.7 Å². The van der Waals surface area contributed by atoms with Crippen molar-refractivity contribution in [2.24, 2.45) is 10.9 Å². The summed E-state index contributed by atoms with van der Waals surface area (Å²) in [6.45, 7) is 6.34. The van der Waals surface area contributed by atoms with Gasteiger partial charge in [-0.1, -0.05) is 41.5 Å². The monoisotopic (exact) mass is 371 g/mol. The van der Waals surface area contributed by atoms with Crippen LogP contribution in [0.15, 0.2) is 40.9 Å². The molecule has 148 valence electrons. The molecule has 2 aliphatic heterocycles. The molecule has 2 unspecified atom stereocenters. The number of aliphatic imine (C=N–C) groups is 1. The van der Waals surface area contributed by atoms with Crippen molar-refractivity contribution in [1.29, 1.82) is 0 Å². The number of ether oxygens (including phenoxy) is 2. The topological polar surface area (TPSA) is 54.9 Å². The largest absolute Gasteiger partial charge is 0.377 e. The van der Waals surface area contributed by atoms with E-state index in [1.807, 2.05) is 7.05 Å². The van der Waals surface area contributed by atoms with Crippen LogP contribution in [-0.2, 0) is 9.47 Å². The molecular weight excluding hydrogens is 338 g/mol. The Balaban J connectivity index is 1.48. The van der Waals surface area contributed by atoms with Gasteiger partial charge in [0.25, 0.3) is 0 Å². The van der Waals surface area contributed by atoms with Crippen LogP contribution in [0, 0.1) is 12.8 Å². The van der Waals surface area contributed by atoms with Crippen LogP contribution in [0.2, 0.25) is 0 Å². The fourth-order valence-electron chi connectivity index (χ4n) is 3.76. The highest BCUT2D eigenvalue weighted by atomic mass is 16.5. The van der Waals surface area contributed by atoms with Crippen molar-refractivity contribution >= 4 is 5.96 Å². The molecule has 5 heteroatoms. The summed E-state index contributed by atoms with van der Waals surface area (Å²) in [5, 5.41) is 6.94. The molecule has 5 nitrogen and oxygen atoms in total. The summed E-state index contributed by atoms with van der Waals surface area (Å²) in [6, 6.07) is 8.74. The van der Waals surface area contributed by atoms with Crippen LogP contribution < -0.4 is 10.6 Å². The lowest BCUT2D eigenvalue weighted by atomic mass is 9.89. The summed E-state index contributed by atoms with van der Waals surface area (Å²) in [6.07, 6.45) is 6.75. The van der Waals surface area contributed by atoms with Crippen molar-refractivity contribution in [3.8, 4) is 0 Å². The number of hydrogen-bond donors (Lipinski definition) is 2. The lowest BCUT2D eigenvalue weighted by molar-refractivity contribution is -0.0265. The molecular formula is C22H33N3O2. The fourth-order valence-corrected chi connectivity index (χ4v) is 3.76. The van der Waals surface area contributed by atoms with Crippen molar-refractivity contribution in [2.75, 3.05) is 40.0 Å². The Morgan fingerprint density at radius 1 is 1.19 bits per heavy atom. The lowest BCUT2D eigenvalue weighted by Gasteiger charge is -2.32. The molecule has 1 aromatic rings. The maximum Gasteiger partial charge on any atom is 0.190 e. The molecule has 2 aliphatic rings. The third-order valence-electron chi connectivity index (χ3n) is 5.40. The Morgan fingerprint density at radius 2 is 2.04 bits per heavy atom. The molecule has 0 aliphatic carbocycles. The third kappa shape index (κ3) is 6.08. The van der Waals surface area contributed by atoms with Gasteiger partial charge in [-0.15, -0.1) is 0 Å². The molecule has 2 heterocycles. The van der Waals surface area contributed by atoms with Crippen LogP contribution in [0.5, 0.6) is 0 Å². The van der Waals surface area contributed by atoms with E-state index in [-0.39, 0.29) is 6.10 Å². The quantitative estimate of drug-likeness (QED) is 0.457. The van der Waals surface area contributed by atoms with Crippen molar-refractivity contribution in [1.82, 2.24) is 10.6 Å². The van der Waals surface area contributed by atoms with Crippen molar-refractivity contribution < 1.29 is 9.47 Å². The highest BCUT2D eigenvalue weighted by molar-refractivity contribution is 5.79. The second-order valence-electron chi connectivity index (χ2n) is 7.42. The number of nitrogens with zero attached hydrogens (tertiary/aromatic N) is 1. The first-order valence-corrected chi connectivity index (χ1v) is 10.1. The Hall–Kier alpha value is -1.85. The highest BCUT2D eigenvalue weighted by Gasteiger charge is 2.27. The maximum absolute atomic E-state index is 6.12. The fraction of sp³-hybridized carbons (Fsp3) is 0.591. The molecule has 0 saturated carbocycles. The van der Waals surface area contributed by atoms with E-state index in [1.54, 1.807) is 0 Å². The van der Waals surface area contributed by atoms with Crippen LogP contribution in [0.25, 0.3) is 0 Å². The summed E-state index contributed by atoms with van der Waals surface area (Å²) in [7, 11) is 1.83. The van der Waals surface area contributed by atoms with Gasteiger partial charge >= 0.3 is 0 Å². The second-order valence-corrected chi connectivity index (χ2v) is 7.42. The molecule has 0 amide bonds. The predicted molar refractivity (Wildman–Crippen MR) is 110 cm³/mol. The molecule has 0 bridgehead atoms. The van der Waals surface area contributed by atoms with E-state index in [4.69, 9.17) is 9.47 Å². The average molecular weight is 372 g/mol. The number of guanidine groups is 1. The van der Waals surface area contributed by atoms with Gasteiger partial charge in [0.1, 0.15) is 0 Å². The van der Waals surface area contributed by atoms with Crippen molar-refractivity contribution in [3.63, 3.8) is 0 Å². The molecule has 1 fully saturated rings. The zero-order valence-electron chi connectivity index (χ0n) is 16.7. The van der Waals surface area contributed by atoms with E-state index >= 15 is 0 Å². The number of nitrogens with one attached hydrogen (secondary N) is 2. The maximum atomic E-state index is 6.12. The smallest absolute Gasteiger partial charge is 0.190 e. The standard InChI is InChI=1S/C22H33N3O2/c1-17-5-7-19(8-6-17)21-20(4-3-13-27-21)16-25-22(23-2)24-12-9-18-10-14-26-15-11-18/h5-8,10,20-21H,3-4,9,11-16H2,1-2H3,(H2,23,24,25). The van der Waals surface area contributed by atoms with Crippen LogP contribution in [0.1, 0.15) is 42.9 Å². The Morgan fingerprint density at radius 3 is 2.78 bits per heavy atom. The zero-order valence-corrected chi connectivity index (χ0v) is 16.7. The first-order valence-electron chi connectivity index (χ1n) is 10.1. The van der Waals surface area contributed by atoms with Gasteiger partial charge in [0.05, 0.1) is 19.3 Å². The normalized spacial score (nSPS) is 23.6. The van der Waals surface area contributed by atoms with Gasteiger partial charge in [-0.05, 0) is 38.2 Å². The van der Waals surface area contributed by atoms with Crippen molar-refractivity contribution in [2.45, 2.75) is 38.7 Å². The van der Waals surface area contributed by atoms with E-state index in [2.05, 4.69) is 52.9 Å². The summed E-state index contributed by atoms with van der Waals surface area (Å²) < 4.78 is 11.5. The molecule has 2 N–H and O–H groups in total. The van der Waals surface area contributed by atoms with Gasteiger partial charge in [-0.3, -0.25) is 4.99 Å². The lowest BCUT2D eigenvalue weighted by Crippen LogP contribution is -2.42. The van der Waals surface area contributed by atoms with E-state index < -0.39 is 0 Å². The van der Waals surface area contributed by atoms with Crippen LogP contribution in [0.4, 0.5) is 0 Å². The molecule has 1 saturated heterocycles. The SMILES string of the molecule is CN=C(NCCC1=CCOCC1)NCC1CCCOC1c1ccc(C)cc1. The molecule has 1 aromatic carbocycles. The van der Waals surface area contributed by atoms with Gasteiger partial charge < -0.3 is 20.1 Å². The molecule has 3 rings (SSSR count). The second kappa shape index (κ2) is 10.5. The van der Waals surface area contributed by atoms with Gasteiger partial charge in [-0.2, -0.15) is 0 Å². The third-order valence-corrected chi connectivity index (χ3v) is 5.40. The minimum Gasteiger partial charge on any atom is -0.377 e. The summed E-state index contributed by atoms with van der Waals surface area (Å²) in [5.74, 6) is 1.33. The average Bonchev–Trinajstić information content (AvgIpc) is 2.72. The number of benzene rings is 1. The minimum atomic E-state index is 0.164. The van der Waals surface area contributed by atoms with Crippen LogP contribution in [0.3, 0.4) is 0 Å². The first-order chi connectivity index (χ1) is 13.3. The minimum absolute atomic E-state index is 0.164. The Kier molecular flexibility index (Phi) is 7.72. The number of aryl methyl sites for hydroxylation is 1. The van der Waals surface area contributed by atoms with Gasteiger partial charge in [0.2, 0.25) is 0 Å². The molecule has 0 radical (unpaired) electrons. The van der Waals surface area contributed by atoms with Crippen molar-refractivity contribution in [3.05, 3.63) is 47.0 Å². The summed E-state index contributed by atoms with van der Waals surface area (Å²) in [4.78, 5) is 4.37. The van der Waals surface area contributed by atoms with E-state index in [1.165, 1.54) is 23.1 Å². The summed E-state index contributed by atoms with van der Waals surface area (Å²) in [5.41, 5.74) is 4.04. The van der Waals surface area contributed by atoms with E-state index in [0.717, 1.165) is 58.1 Å². The Bertz CT molecular complexity index is 639. The zero-order chi connectivity index (χ0) is 18.9. The highest BCUT2D eigenvalue weighted by Crippen LogP contribution is 2.33. The Labute approximate surface area is 163 Å².